The van der Waals surface area contributed by atoms with Gasteiger partial charge in [-0.15, -0.1) is 0 Å². The zero-order valence-corrected chi connectivity index (χ0v) is 15.4. The molecule has 2 aromatic carbocycles. The van der Waals surface area contributed by atoms with Gasteiger partial charge in [0.25, 0.3) is 0 Å². The van der Waals surface area contributed by atoms with Crippen LogP contribution in [0.15, 0.2) is 51.8 Å². The molecule has 1 N–H and O–H groups in total. The van der Waals surface area contributed by atoms with Crippen molar-refractivity contribution in [3.05, 3.63) is 52.5 Å². The third-order valence-electron chi connectivity index (χ3n) is 3.36. The second-order valence-corrected chi connectivity index (χ2v) is 7.53. The monoisotopic (exact) mass is 399 g/mol. The van der Waals surface area contributed by atoms with Crippen LogP contribution in [0.2, 0.25) is 0 Å². The molecule has 0 fully saturated rings. The van der Waals surface area contributed by atoms with Gasteiger partial charge < -0.3 is 9.47 Å². The van der Waals surface area contributed by atoms with E-state index >= 15 is 0 Å². The fraction of sp³-hybridized carbons (Fsp3) is 0.250. The zero-order valence-electron chi connectivity index (χ0n) is 13.0. The summed E-state index contributed by atoms with van der Waals surface area (Å²) < 4.78 is 38.9. The van der Waals surface area contributed by atoms with Crippen LogP contribution in [0.3, 0.4) is 0 Å². The first kappa shape index (κ1) is 17.8. The van der Waals surface area contributed by atoms with Crippen LogP contribution in [0, 0.1) is 0 Å². The highest BCUT2D eigenvalue weighted by Gasteiger charge is 2.21. The van der Waals surface area contributed by atoms with Crippen molar-refractivity contribution in [2.75, 3.05) is 14.2 Å². The molecule has 0 aliphatic heterocycles. The van der Waals surface area contributed by atoms with E-state index in [2.05, 4.69) is 20.7 Å². The van der Waals surface area contributed by atoms with E-state index in [1.807, 2.05) is 0 Å². The molecule has 0 spiro atoms. The summed E-state index contributed by atoms with van der Waals surface area (Å²) in [5, 5.41) is 0. The molecular formula is C16H18BrNO4S. The first-order chi connectivity index (χ1) is 10.9. The van der Waals surface area contributed by atoms with E-state index in [-0.39, 0.29) is 4.90 Å². The smallest absolute Gasteiger partial charge is 0.241 e. The quantitative estimate of drug-likeness (QED) is 0.806. The molecular weight excluding hydrogens is 382 g/mol. The van der Waals surface area contributed by atoms with Crippen LogP contribution in [0.1, 0.15) is 18.5 Å². The number of methoxy groups -OCH3 is 2. The van der Waals surface area contributed by atoms with Gasteiger partial charge in [0.2, 0.25) is 10.0 Å². The summed E-state index contributed by atoms with van der Waals surface area (Å²) in [4.78, 5) is 0.203. The largest absolute Gasteiger partial charge is 0.497 e. The number of ether oxygens (including phenoxy) is 2. The number of nitrogens with one attached hydrogen (secondary N) is 1. The summed E-state index contributed by atoms with van der Waals surface area (Å²) in [6.07, 6.45) is 0. The number of benzene rings is 2. The average Bonchev–Trinajstić information content (AvgIpc) is 2.54. The number of sulfonamides is 1. The summed E-state index contributed by atoms with van der Waals surface area (Å²) >= 11 is 3.29. The second kappa shape index (κ2) is 7.33. The maximum Gasteiger partial charge on any atom is 0.241 e. The van der Waals surface area contributed by atoms with Crippen LogP contribution in [-0.4, -0.2) is 22.6 Å². The predicted octanol–water partition coefficient (Wildman–Crippen LogP) is 3.51. The van der Waals surface area contributed by atoms with E-state index in [1.54, 1.807) is 63.6 Å². The molecule has 7 heteroatoms. The molecule has 2 aromatic rings. The highest BCUT2D eigenvalue weighted by Crippen LogP contribution is 2.30. The Bertz CT molecular complexity index is 775. The van der Waals surface area contributed by atoms with Crippen LogP contribution in [-0.2, 0) is 10.0 Å². The third-order valence-corrected chi connectivity index (χ3v) is 5.44. The molecule has 0 amide bonds. The molecule has 0 bridgehead atoms. The van der Waals surface area contributed by atoms with Gasteiger partial charge in [-0.05, 0) is 49.4 Å². The Hall–Kier alpha value is -1.57. The maximum absolute atomic E-state index is 12.5. The standard InChI is InChI=1S/C16H18BrNO4S/c1-11(15-10-13(21-2)6-9-16(15)22-3)18-23(19,20)14-7-4-12(17)5-8-14/h4-11,18H,1-3H3. The number of halogens is 1. The number of rotatable bonds is 6. The second-order valence-electron chi connectivity index (χ2n) is 4.90. The van der Waals surface area contributed by atoms with Gasteiger partial charge in [0.05, 0.1) is 19.1 Å². The highest BCUT2D eigenvalue weighted by molar-refractivity contribution is 9.10. The molecule has 0 aliphatic carbocycles. The zero-order chi connectivity index (χ0) is 17.0. The van der Waals surface area contributed by atoms with E-state index in [1.165, 1.54) is 0 Å². The lowest BCUT2D eigenvalue weighted by Gasteiger charge is -2.18. The number of hydrogen-bond donors (Lipinski definition) is 1. The van der Waals surface area contributed by atoms with Crippen LogP contribution >= 0.6 is 15.9 Å². The summed E-state index contributed by atoms with van der Waals surface area (Å²) in [5.41, 5.74) is 0.701. The Balaban J connectivity index is 2.30. The first-order valence-corrected chi connectivity index (χ1v) is 9.15. The minimum absolute atomic E-state index is 0.203. The Morgan fingerprint density at radius 2 is 1.70 bits per heavy atom. The lowest BCUT2D eigenvalue weighted by atomic mass is 10.1. The minimum Gasteiger partial charge on any atom is -0.497 e. The SMILES string of the molecule is COc1ccc(OC)c(C(C)NS(=O)(=O)c2ccc(Br)cc2)c1. The van der Waals surface area contributed by atoms with Gasteiger partial charge in [-0.2, -0.15) is 0 Å². The van der Waals surface area contributed by atoms with Crippen molar-refractivity contribution >= 4 is 26.0 Å². The molecule has 0 saturated carbocycles. The van der Waals surface area contributed by atoms with E-state index in [4.69, 9.17) is 9.47 Å². The van der Waals surface area contributed by atoms with E-state index < -0.39 is 16.1 Å². The minimum atomic E-state index is -3.64. The summed E-state index contributed by atoms with van der Waals surface area (Å²) in [6.45, 7) is 1.76. The molecule has 23 heavy (non-hydrogen) atoms. The third kappa shape index (κ3) is 4.25. The van der Waals surface area contributed by atoms with Gasteiger partial charge >= 0.3 is 0 Å². The normalized spacial score (nSPS) is 12.7. The van der Waals surface area contributed by atoms with Crippen molar-refractivity contribution in [1.82, 2.24) is 4.72 Å². The molecule has 124 valence electrons. The molecule has 0 heterocycles. The molecule has 1 unspecified atom stereocenters. The van der Waals surface area contributed by atoms with Gasteiger partial charge in [0, 0.05) is 16.1 Å². The van der Waals surface area contributed by atoms with E-state index in [9.17, 15) is 8.42 Å². The van der Waals surface area contributed by atoms with Crippen LogP contribution in [0.25, 0.3) is 0 Å². The van der Waals surface area contributed by atoms with E-state index in [0.717, 1.165) is 4.47 Å². The van der Waals surface area contributed by atoms with Crippen LogP contribution in [0.5, 0.6) is 11.5 Å². The Kier molecular flexibility index (Phi) is 5.67. The molecule has 0 saturated heterocycles. The molecule has 2 rings (SSSR count). The Morgan fingerprint density at radius 1 is 1.04 bits per heavy atom. The van der Waals surface area contributed by atoms with Crippen molar-refractivity contribution in [3.63, 3.8) is 0 Å². The van der Waals surface area contributed by atoms with Crippen molar-refractivity contribution < 1.29 is 17.9 Å². The van der Waals surface area contributed by atoms with Gasteiger partial charge in [-0.25, -0.2) is 13.1 Å². The van der Waals surface area contributed by atoms with Crippen molar-refractivity contribution in [1.29, 1.82) is 0 Å². The lowest BCUT2D eigenvalue weighted by Crippen LogP contribution is -2.27. The van der Waals surface area contributed by atoms with Crippen LogP contribution < -0.4 is 14.2 Å². The fourth-order valence-electron chi connectivity index (χ4n) is 2.16. The van der Waals surface area contributed by atoms with Gasteiger partial charge in [0.15, 0.2) is 0 Å². The number of hydrogen-bond acceptors (Lipinski definition) is 4. The predicted molar refractivity (Wildman–Crippen MR) is 92.4 cm³/mol. The summed E-state index contributed by atoms with van der Waals surface area (Å²) in [5.74, 6) is 1.23. The highest BCUT2D eigenvalue weighted by atomic mass is 79.9. The van der Waals surface area contributed by atoms with E-state index in [0.29, 0.717) is 17.1 Å². The molecule has 1 atom stereocenters. The summed E-state index contributed by atoms with van der Waals surface area (Å²) in [6, 6.07) is 11.2. The van der Waals surface area contributed by atoms with Crippen LogP contribution in [0.4, 0.5) is 0 Å². The van der Waals surface area contributed by atoms with Gasteiger partial charge in [0.1, 0.15) is 11.5 Å². The molecule has 0 aliphatic rings. The van der Waals surface area contributed by atoms with Gasteiger partial charge in [-0.1, -0.05) is 15.9 Å². The van der Waals surface area contributed by atoms with Crippen molar-refractivity contribution in [2.24, 2.45) is 0 Å². The Labute approximate surface area is 144 Å². The van der Waals surface area contributed by atoms with Crippen molar-refractivity contribution in [3.8, 4) is 11.5 Å². The topological polar surface area (TPSA) is 64.6 Å². The first-order valence-electron chi connectivity index (χ1n) is 6.87. The molecule has 0 aromatic heterocycles. The maximum atomic E-state index is 12.5. The molecule has 0 radical (unpaired) electrons. The van der Waals surface area contributed by atoms with Gasteiger partial charge in [-0.3, -0.25) is 0 Å². The average molecular weight is 400 g/mol. The molecule has 5 nitrogen and oxygen atoms in total. The lowest BCUT2D eigenvalue weighted by molar-refractivity contribution is 0.395. The summed E-state index contributed by atoms with van der Waals surface area (Å²) in [7, 11) is -0.535. The fourth-order valence-corrected chi connectivity index (χ4v) is 3.64. The van der Waals surface area contributed by atoms with Crippen molar-refractivity contribution in [2.45, 2.75) is 17.9 Å². The Morgan fingerprint density at radius 3 is 2.26 bits per heavy atom.